The van der Waals surface area contributed by atoms with Crippen LogP contribution in [0.2, 0.25) is 0 Å². The van der Waals surface area contributed by atoms with Gasteiger partial charge in [-0.25, -0.2) is 4.98 Å². The van der Waals surface area contributed by atoms with E-state index in [-0.39, 0.29) is 11.5 Å². The van der Waals surface area contributed by atoms with Crippen LogP contribution in [0.4, 0.5) is 0 Å². The van der Waals surface area contributed by atoms with Gasteiger partial charge in [0.05, 0.1) is 10.9 Å². The van der Waals surface area contributed by atoms with E-state index in [2.05, 4.69) is 6.92 Å². The fourth-order valence-corrected chi connectivity index (χ4v) is 3.82. The summed E-state index contributed by atoms with van der Waals surface area (Å²) in [7, 11) is 0. The van der Waals surface area contributed by atoms with Crippen molar-refractivity contribution in [1.82, 2.24) is 14.5 Å². The molecule has 0 spiro atoms. The minimum absolute atomic E-state index is 0.0270. The number of aryl methyl sites for hydroxylation is 1. The van der Waals surface area contributed by atoms with Crippen LogP contribution in [-0.2, 0) is 17.8 Å². The molecule has 0 radical (unpaired) electrons. The molecule has 1 aromatic heterocycles. The van der Waals surface area contributed by atoms with Crippen molar-refractivity contribution in [1.29, 1.82) is 0 Å². The Morgan fingerprint density at radius 1 is 1.27 bits per heavy atom. The Kier molecular flexibility index (Phi) is 6.20. The SMILES string of the molecule is CCCc1nc2ccccc2c(=O)n1CC1CCN(C(=O)C(Cl)Cl)CC1. The maximum absolute atomic E-state index is 13.0. The van der Waals surface area contributed by atoms with Crippen molar-refractivity contribution in [2.24, 2.45) is 5.92 Å². The summed E-state index contributed by atoms with van der Waals surface area (Å²) in [6.07, 6.45) is 3.37. The van der Waals surface area contributed by atoms with E-state index in [0.717, 1.165) is 37.0 Å². The molecule has 1 aliphatic heterocycles. The number of aromatic nitrogens is 2. The lowest BCUT2D eigenvalue weighted by atomic mass is 9.96. The first kappa shape index (κ1) is 19.2. The molecule has 3 rings (SSSR count). The molecule has 7 heteroatoms. The molecule has 140 valence electrons. The monoisotopic (exact) mass is 395 g/mol. The second-order valence-corrected chi connectivity index (χ2v) is 7.88. The Labute approximate surface area is 162 Å². The van der Waals surface area contributed by atoms with E-state index in [0.29, 0.717) is 30.9 Å². The number of fused-ring (bicyclic) bond motifs is 1. The Hall–Kier alpha value is -1.59. The average molecular weight is 396 g/mol. The van der Waals surface area contributed by atoms with Gasteiger partial charge in [-0.05, 0) is 37.3 Å². The molecule has 26 heavy (non-hydrogen) atoms. The molecule has 5 nitrogen and oxygen atoms in total. The zero-order valence-electron chi connectivity index (χ0n) is 14.8. The van der Waals surface area contributed by atoms with Gasteiger partial charge in [0.2, 0.25) is 0 Å². The molecule has 2 aromatic rings. The third-order valence-electron chi connectivity index (χ3n) is 4.97. The predicted molar refractivity (Wildman–Crippen MR) is 105 cm³/mol. The lowest BCUT2D eigenvalue weighted by Crippen LogP contribution is -2.42. The summed E-state index contributed by atoms with van der Waals surface area (Å²) in [4.78, 5) is 30.3. The average Bonchev–Trinajstić information content (AvgIpc) is 2.65. The highest BCUT2D eigenvalue weighted by Crippen LogP contribution is 2.22. The van der Waals surface area contributed by atoms with Crippen LogP contribution in [0.1, 0.15) is 32.0 Å². The zero-order valence-corrected chi connectivity index (χ0v) is 16.3. The first-order chi connectivity index (χ1) is 12.5. The van der Waals surface area contributed by atoms with E-state index < -0.39 is 4.84 Å². The number of carbonyl (C=O) groups is 1. The molecule has 0 aliphatic carbocycles. The van der Waals surface area contributed by atoms with E-state index in [1.54, 1.807) is 4.90 Å². The van der Waals surface area contributed by atoms with Crippen molar-refractivity contribution in [3.63, 3.8) is 0 Å². The molecule has 0 N–H and O–H groups in total. The third kappa shape index (κ3) is 4.04. The second-order valence-electron chi connectivity index (χ2n) is 6.78. The maximum atomic E-state index is 13.0. The lowest BCUT2D eigenvalue weighted by molar-refractivity contribution is -0.130. The highest BCUT2D eigenvalue weighted by Gasteiger charge is 2.27. The summed E-state index contributed by atoms with van der Waals surface area (Å²) < 4.78 is 1.83. The summed E-state index contributed by atoms with van der Waals surface area (Å²) >= 11 is 11.4. The van der Waals surface area contributed by atoms with Crippen LogP contribution in [0.25, 0.3) is 10.9 Å². The van der Waals surface area contributed by atoms with E-state index in [1.165, 1.54) is 0 Å². The number of alkyl halides is 2. The number of carbonyl (C=O) groups excluding carboxylic acids is 1. The Bertz CT molecular complexity index is 842. The number of hydrogen-bond acceptors (Lipinski definition) is 3. The van der Waals surface area contributed by atoms with Gasteiger partial charge in [0.1, 0.15) is 5.82 Å². The minimum Gasteiger partial charge on any atom is -0.340 e. The van der Waals surface area contributed by atoms with Crippen molar-refractivity contribution in [3.8, 4) is 0 Å². The highest BCUT2D eigenvalue weighted by molar-refractivity contribution is 6.53. The first-order valence-electron chi connectivity index (χ1n) is 9.06. The topological polar surface area (TPSA) is 55.2 Å². The van der Waals surface area contributed by atoms with Gasteiger partial charge in [0, 0.05) is 26.1 Å². The van der Waals surface area contributed by atoms with Crippen molar-refractivity contribution in [3.05, 3.63) is 40.4 Å². The molecular weight excluding hydrogens is 373 g/mol. The number of amides is 1. The summed E-state index contributed by atoms with van der Waals surface area (Å²) in [5.41, 5.74) is 0.784. The molecule has 1 saturated heterocycles. The second kappa shape index (κ2) is 8.40. The molecular formula is C19H23Cl2N3O2. The molecule has 1 fully saturated rings. The molecule has 1 aliphatic rings. The summed E-state index contributed by atoms with van der Waals surface area (Å²) in [5.74, 6) is 0.943. The van der Waals surface area contributed by atoms with Gasteiger partial charge < -0.3 is 4.90 Å². The summed E-state index contributed by atoms with van der Waals surface area (Å²) in [6, 6.07) is 7.50. The van der Waals surface area contributed by atoms with E-state index >= 15 is 0 Å². The van der Waals surface area contributed by atoms with Gasteiger partial charge in [-0.2, -0.15) is 0 Å². The quantitative estimate of drug-likeness (QED) is 0.728. The molecule has 0 bridgehead atoms. The number of para-hydroxylation sites is 1. The lowest BCUT2D eigenvalue weighted by Gasteiger charge is -2.32. The van der Waals surface area contributed by atoms with Crippen LogP contribution < -0.4 is 5.56 Å². The van der Waals surface area contributed by atoms with Gasteiger partial charge in [-0.15, -0.1) is 0 Å². The van der Waals surface area contributed by atoms with Gasteiger partial charge >= 0.3 is 0 Å². The van der Waals surface area contributed by atoms with Crippen LogP contribution in [0.15, 0.2) is 29.1 Å². The number of piperidine rings is 1. The Morgan fingerprint density at radius 3 is 2.62 bits per heavy atom. The van der Waals surface area contributed by atoms with Gasteiger partial charge in [-0.1, -0.05) is 42.3 Å². The molecule has 0 atom stereocenters. The minimum atomic E-state index is -1.00. The number of rotatable bonds is 5. The van der Waals surface area contributed by atoms with Crippen molar-refractivity contribution >= 4 is 40.0 Å². The van der Waals surface area contributed by atoms with Crippen LogP contribution in [0.3, 0.4) is 0 Å². The van der Waals surface area contributed by atoms with Gasteiger partial charge in [0.15, 0.2) is 4.84 Å². The zero-order chi connectivity index (χ0) is 18.7. The van der Waals surface area contributed by atoms with Gasteiger partial charge in [-0.3, -0.25) is 14.2 Å². The number of likely N-dealkylation sites (tertiary alicyclic amines) is 1. The van der Waals surface area contributed by atoms with Crippen LogP contribution in [0, 0.1) is 5.92 Å². The van der Waals surface area contributed by atoms with Crippen molar-refractivity contribution in [2.75, 3.05) is 13.1 Å². The Morgan fingerprint density at radius 2 is 1.96 bits per heavy atom. The maximum Gasteiger partial charge on any atom is 0.261 e. The molecule has 0 unspecified atom stereocenters. The largest absolute Gasteiger partial charge is 0.340 e. The van der Waals surface area contributed by atoms with Gasteiger partial charge in [0.25, 0.3) is 11.5 Å². The first-order valence-corrected chi connectivity index (χ1v) is 9.94. The number of nitrogens with zero attached hydrogens (tertiary/aromatic N) is 3. The number of benzene rings is 1. The molecule has 0 saturated carbocycles. The smallest absolute Gasteiger partial charge is 0.261 e. The molecule has 1 amide bonds. The van der Waals surface area contributed by atoms with E-state index in [1.807, 2.05) is 28.8 Å². The summed E-state index contributed by atoms with van der Waals surface area (Å²) in [6.45, 7) is 3.97. The van der Waals surface area contributed by atoms with Crippen LogP contribution in [0.5, 0.6) is 0 Å². The number of halogens is 2. The van der Waals surface area contributed by atoms with E-state index in [9.17, 15) is 9.59 Å². The van der Waals surface area contributed by atoms with E-state index in [4.69, 9.17) is 28.2 Å². The number of hydrogen-bond donors (Lipinski definition) is 0. The van der Waals surface area contributed by atoms with Crippen LogP contribution in [-0.4, -0.2) is 38.3 Å². The fourth-order valence-electron chi connectivity index (χ4n) is 3.55. The summed E-state index contributed by atoms with van der Waals surface area (Å²) in [5, 5.41) is 0.659. The normalized spacial score (nSPS) is 15.8. The third-order valence-corrected chi connectivity index (χ3v) is 5.34. The fraction of sp³-hybridized carbons (Fsp3) is 0.526. The standard InChI is InChI=1S/C19H23Cl2N3O2/c1-2-5-16-22-15-7-4-3-6-14(15)18(25)24(16)12-13-8-10-23(11-9-13)19(26)17(20)21/h3-4,6-7,13,17H,2,5,8-12H2,1H3. The Balaban J connectivity index is 1.81. The molecule has 1 aromatic carbocycles. The van der Waals surface area contributed by atoms with Crippen molar-refractivity contribution < 1.29 is 4.79 Å². The highest BCUT2D eigenvalue weighted by atomic mass is 35.5. The molecule has 2 heterocycles. The van der Waals surface area contributed by atoms with Crippen LogP contribution >= 0.6 is 23.2 Å². The predicted octanol–water partition coefficient (Wildman–Crippen LogP) is 3.39. The van der Waals surface area contributed by atoms with Crippen molar-refractivity contribution in [2.45, 2.75) is 44.0 Å².